The molecule has 1 aromatic rings. The Balaban J connectivity index is 2.43. The van der Waals surface area contributed by atoms with Crippen LogP contribution in [0.25, 0.3) is 0 Å². The van der Waals surface area contributed by atoms with E-state index in [1.54, 1.807) is 0 Å². The molecule has 0 aliphatic rings. The molecule has 0 radical (unpaired) electrons. The van der Waals surface area contributed by atoms with Gasteiger partial charge in [-0.3, -0.25) is 0 Å². The zero-order chi connectivity index (χ0) is 13.8. The molecule has 2 nitrogen and oxygen atoms in total. The summed E-state index contributed by atoms with van der Waals surface area (Å²) in [5.41, 5.74) is 2.61. The maximum absolute atomic E-state index is 6.11. The fourth-order valence-corrected chi connectivity index (χ4v) is 1.85. The molecule has 1 rings (SSSR count). The van der Waals surface area contributed by atoms with E-state index < -0.39 is 0 Å². The lowest BCUT2D eigenvalue weighted by Crippen LogP contribution is -2.44. The Morgan fingerprint density at radius 1 is 1.28 bits per heavy atom. The Morgan fingerprint density at radius 3 is 2.56 bits per heavy atom. The lowest BCUT2D eigenvalue weighted by Gasteiger charge is -2.24. The van der Waals surface area contributed by atoms with Crippen LogP contribution in [0.2, 0.25) is 5.02 Å². The minimum absolute atomic E-state index is 0.169. The summed E-state index contributed by atoms with van der Waals surface area (Å²) in [5.74, 6) is 0. The first kappa shape index (κ1) is 15.5. The lowest BCUT2D eigenvalue weighted by atomic mass is 10.1. The van der Waals surface area contributed by atoms with E-state index in [1.807, 2.05) is 12.1 Å². The largest absolute Gasteiger partial charge is 0.311 e. The maximum atomic E-state index is 6.11. The van der Waals surface area contributed by atoms with E-state index in [9.17, 15) is 0 Å². The monoisotopic (exact) mass is 268 g/mol. The second-order valence-electron chi connectivity index (χ2n) is 5.94. The van der Waals surface area contributed by atoms with Crippen molar-refractivity contribution in [3.8, 4) is 0 Å². The number of rotatable bonds is 5. The van der Waals surface area contributed by atoms with Crippen molar-refractivity contribution in [3.63, 3.8) is 0 Å². The predicted octanol–water partition coefficient (Wildman–Crippen LogP) is 3.51. The summed E-state index contributed by atoms with van der Waals surface area (Å²) in [6.45, 7) is 12.6. The molecule has 0 amide bonds. The van der Waals surface area contributed by atoms with E-state index in [0.29, 0.717) is 6.04 Å². The Kier molecular flexibility index (Phi) is 5.64. The molecule has 0 saturated heterocycles. The van der Waals surface area contributed by atoms with E-state index in [2.05, 4.69) is 51.3 Å². The average Bonchev–Trinajstić information content (AvgIpc) is 2.27. The van der Waals surface area contributed by atoms with Gasteiger partial charge in [0.05, 0.1) is 0 Å². The van der Waals surface area contributed by atoms with Crippen LogP contribution in [0.15, 0.2) is 18.2 Å². The number of nitrogens with one attached hydrogen (secondary N) is 2. The van der Waals surface area contributed by atoms with Gasteiger partial charge in [0, 0.05) is 29.7 Å². The average molecular weight is 269 g/mol. The molecular weight excluding hydrogens is 244 g/mol. The topological polar surface area (TPSA) is 24.1 Å². The molecule has 0 saturated carbocycles. The van der Waals surface area contributed by atoms with Crippen LogP contribution in [0.4, 0.5) is 0 Å². The quantitative estimate of drug-likeness (QED) is 0.854. The third-order valence-electron chi connectivity index (χ3n) is 2.96. The summed E-state index contributed by atoms with van der Waals surface area (Å²) < 4.78 is 0. The van der Waals surface area contributed by atoms with Crippen LogP contribution >= 0.6 is 11.6 Å². The highest BCUT2D eigenvalue weighted by Gasteiger charge is 2.11. The van der Waals surface area contributed by atoms with Gasteiger partial charge in [-0.05, 0) is 51.8 Å². The van der Waals surface area contributed by atoms with E-state index in [1.165, 1.54) is 11.1 Å². The second kappa shape index (κ2) is 6.55. The van der Waals surface area contributed by atoms with Crippen LogP contribution in [0.5, 0.6) is 0 Å². The molecule has 0 heterocycles. The van der Waals surface area contributed by atoms with Crippen LogP contribution < -0.4 is 10.6 Å². The van der Waals surface area contributed by atoms with Gasteiger partial charge in [0.15, 0.2) is 0 Å². The van der Waals surface area contributed by atoms with Crippen molar-refractivity contribution in [1.82, 2.24) is 10.6 Å². The fraction of sp³-hybridized carbons (Fsp3) is 0.600. The molecule has 2 N–H and O–H groups in total. The molecule has 0 aliphatic heterocycles. The minimum Gasteiger partial charge on any atom is -0.311 e. The SMILES string of the molecule is Cc1c(Cl)cccc1CNC(C)CNC(C)(C)C. The first-order chi connectivity index (χ1) is 8.29. The molecule has 0 bridgehead atoms. The Hall–Kier alpha value is -0.570. The summed E-state index contributed by atoms with van der Waals surface area (Å²) >= 11 is 6.11. The first-order valence-electron chi connectivity index (χ1n) is 6.52. The zero-order valence-electron chi connectivity index (χ0n) is 12.1. The van der Waals surface area contributed by atoms with Gasteiger partial charge in [0.2, 0.25) is 0 Å². The molecule has 1 unspecified atom stereocenters. The second-order valence-corrected chi connectivity index (χ2v) is 6.34. The molecule has 0 aromatic heterocycles. The molecule has 0 aliphatic carbocycles. The number of hydrogen-bond donors (Lipinski definition) is 2. The van der Waals surface area contributed by atoms with Crippen LogP contribution in [0.3, 0.4) is 0 Å². The summed E-state index contributed by atoms with van der Waals surface area (Å²) in [4.78, 5) is 0. The molecular formula is C15H25ClN2. The van der Waals surface area contributed by atoms with E-state index >= 15 is 0 Å². The van der Waals surface area contributed by atoms with E-state index in [-0.39, 0.29) is 5.54 Å². The normalized spacial score (nSPS) is 13.7. The summed E-state index contributed by atoms with van der Waals surface area (Å²) in [7, 11) is 0. The van der Waals surface area contributed by atoms with Crippen LogP contribution in [0.1, 0.15) is 38.8 Å². The van der Waals surface area contributed by atoms with Crippen molar-refractivity contribution < 1.29 is 0 Å². The predicted molar refractivity (Wildman–Crippen MR) is 80.2 cm³/mol. The number of hydrogen-bond acceptors (Lipinski definition) is 2. The van der Waals surface area contributed by atoms with Crippen LogP contribution in [-0.4, -0.2) is 18.1 Å². The number of benzene rings is 1. The third kappa shape index (κ3) is 5.38. The van der Waals surface area contributed by atoms with Gasteiger partial charge < -0.3 is 10.6 Å². The molecule has 3 heteroatoms. The smallest absolute Gasteiger partial charge is 0.0438 e. The molecule has 0 spiro atoms. The van der Waals surface area contributed by atoms with Gasteiger partial charge in [-0.25, -0.2) is 0 Å². The Bertz CT molecular complexity index is 383. The molecule has 1 atom stereocenters. The third-order valence-corrected chi connectivity index (χ3v) is 3.37. The van der Waals surface area contributed by atoms with Gasteiger partial charge in [-0.1, -0.05) is 23.7 Å². The van der Waals surface area contributed by atoms with Crippen molar-refractivity contribution in [3.05, 3.63) is 34.3 Å². The number of halogens is 1. The van der Waals surface area contributed by atoms with Crippen molar-refractivity contribution in [2.24, 2.45) is 0 Å². The van der Waals surface area contributed by atoms with Crippen molar-refractivity contribution in [1.29, 1.82) is 0 Å². The lowest BCUT2D eigenvalue weighted by molar-refractivity contribution is 0.387. The Labute approximate surface area is 116 Å². The standard InChI is InChI=1S/C15H25ClN2/c1-11(9-18-15(3,4)5)17-10-13-7-6-8-14(16)12(13)2/h6-8,11,17-18H,9-10H2,1-5H3. The van der Waals surface area contributed by atoms with Crippen LogP contribution in [-0.2, 0) is 6.54 Å². The van der Waals surface area contributed by atoms with Crippen LogP contribution in [0, 0.1) is 6.92 Å². The van der Waals surface area contributed by atoms with Gasteiger partial charge in [-0.15, -0.1) is 0 Å². The zero-order valence-corrected chi connectivity index (χ0v) is 12.9. The van der Waals surface area contributed by atoms with E-state index in [4.69, 9.17) is 11.6 Å². The summed E-state index contributed by atoms with van der Waals surface area (Å²) in [5, 5.41) is 7.86. The molecule has 18 heavy (non-hydrogen) atoms. The molecule has 0 fully saturated rings. The Morgan fingerprint density at radius 2 is 1.94 bits per heavy atom. The molecule has 1 aromatic carbocycles. The highest BCUT2D eigenvalue weighted by atomic mass is 35.5. The fourth-order valence-electron chi connectivity index (χ4n) is 1.66. The highest BCUT2D eigenvalue weighted by Crippen LogP contribution is 2.18. The van der Waals surface area contributed by atoms with Crippen molar-refractivity contribution >= 4 is 11.6 Å². The first-order valence-corrected chi connectivity index (χ1v) is 6.90. The van der Waals surface area contributed by atoms with E-state index in [0.717, 1.165) is 18.1 Å². The maximum Gasteiger partial charge on any atom is 0.0438 e. The highest BCUT2D eigenvalue weighted by molar-refractivity contribution is 6.31. The van der Waals surface area contributed by atoms with Gasteiger partial charge in [-0.2, -0.15) is 0 Å². The summed E-state index contributed by atoms with van der Waals surface area (Å²) in [6, 6.07) is 6.50. The van der Waals surface area contributed by atoms with Gasteiger partial charge >= 0.3 is 0 Å². The van der Waals surface area contributed by atoms with Gasteiger partial charge in [0.25, 0.3) is 0 Å². The summed E-state index contributed by atoms with van der Waals surface area (Å²) in [6.07, 6.45) is 0. The molecule has 102 valence electrons. The van der Waals surface area contributed by atoms with Crippen molar-refractivity contribution in [2.75, 3.05) is 6.54 Å². The van der Waals surface area contributed by atoms with Crippen molar-refractivity contribution in [2.45, 2.75) is 52.7 Å². The van der Waals surface area contributed by atoms with Gasteiger partial charge in [0.1, 0.15) is 0 Å². The minimum atomic E-state index is 0.169.